The summed E-state index contributed by atoms with van der Waals surface area (Å²) in [5, 5.41) is 8.89. The van der Waals surface area contributed by atoms with Crippen LogP contribution in [0.1, 0.15) is 206 Å². The van der Waals surface area contributed by atoms with Crippen LogP contribution in [0.15, 0.2) is 24.3 Å². The molecule has 0 saturated carbocycles. The largest absolute Gasteiger partial charge is 0.480 e. The Kier molecular flexibility index (Phi) is 38.3. The number of allylic oxidation sites excluding steroid dienone is 4. The van der Waals surface area contributed by atoms with Crippen LogP contribution in [0, 0.1) is 0 Å². The van der Waals surface area contributed by atoms with Gasteiger partial charge in [-0.2, -0.15) is 0 Å². The number of carbonyl (C=O) groups excluding carboxylic acids is 2. The fourth-order valence-corrected chi connectivity index (χ4v) is 6.93. The highest BCUT2D eigenvalue weighted by molar-refractivity contribution is 7.47. The number of unbranched alkanes of at least 4 members (excludes halogenated alkanes) is 24. The molecule has 0 amide bonds. The van der Waals surface area contributed by atoms with Crippen LogP contribution in [0.25, 0.3) is 0 Å². The van der Waals surface area contributed by atoms with Crippen molar-refractivity contribution in [2.45, 2.75) is 219 Å². The Morgan fingerprint density at radius 3 is 1.43 bits per heavy atom. The van der Waals surface area contributed by atoms with Gasteiger partial charge in [-0.3, -0.25) is 23.4 Å². The van der Waals surface area contributed by atoms with E-state index in [1.54, 1.807) is 0 Å². The zero-order valence-corrected chi connectivity index (χ0v) is 36.4. The normalized spacial score (nSPS) is 13.9. The van der Waals surface area contributed by atoms with Crippen LogP contribution in [0.5, 0.6) is 0 Å². The van der Waals surface area contributed by atoms with E-state index in [-0.39, 0.29) is 19.4 Å². The van der Waals surface area contributed by atoms with E-state index < -0.39 is 51.1 Å². The van der Waals surface area contributed by atoms with Crippen molar-refractivity contribution in [3.8, 4) is 0 Å². The average molecular weight is 816 g/mol. The highest BCUT2D eigenvalue weighted by Crippen LogP contribution is 2.43. The molecule has 328 valence electrons. The van der Waals surface area contributed by atoms with E-state index in [2.05, 4.69) is 42.7 Å². The predicted molar refractivity (Wildman–Crippen MR) is 226 cm³/mol. The van der Waals surface area contributed by atoms with Gasteiger partial charge < -0.3 is 25.2 Å². The van der Waals surface area contributed by atoms with Gasteiger partial charge in [0, 0.05) is 12.8 Å². The van der Waals surface area contributed by atoms with Gasteiger partial charge in [-0.25, -0.2) is 4.57 Å². The first kappa shape index (κ1) is 54.0. The number of ether oxygens (including phenoxy) is 2. The minimum atomic E-state index is -4.71. The molecule has 0 radical (unpaired) electrons. The monoisotopic (exact) mass is 816 g/mol. The Hall–Kier alpha value is -2.04. The molecule has 0 aliphatic rings. The summed E-state index contributed by atoms with van der Waals surface area (Å²) in [4.78, 5) is 46.0. The Bertz CT molecular complexity index is 1050. The minimum Gasteiger partial charge on any atom is -0.480 e. The quantitative estimate of drug-likeness (QED) is 0.0232. The maximum atomic E-state index is 12.6. The molecular weight excluding hydrogens is 733 g/mol. The van der Waals surface area contributed by atoms with E-state index >= 15 is 0 Å². The van der Waals surface area contributed by atoms with Gasteiger partial charge in [-0.15, -0.1) is 0 Å². The molecule has 1 unspecified atom stereocenters. The van der Waals surface area contributed by atoms with Gasteiger partial charge in [0.25, 0.3) is 0 Å². The molecule has 0 fully saturated rings. The second kappa shape index (κ2) is 39.8. The molecule has 0 aromatic carbocycles. The molecule has 4 N–H and O–H groups in total. The van der Waals surface area contributed by atoms with Gasteiger partial charge in [0.05, 0.1) is 13.2 Å². The lowest BCUT2D eigenvalue weighted by atomic mass is 10.0. The standard InChI is InChI=1S/C44H82NO10P/c1-3-5-7-9-11-13-15-17-18-19-20-21-22-24-26-28-30-32-34-36-43(47)55-40(38-53-56(50,51)54-39-41(45)44(48)49)37-52-42(46)35-33-31-29-27-25-23-16-14-12-10-8-6-4-2/h11,13,17-18,40-41H,3-10,12,14-16,19-39,45H2,1-2H3,(H,48,49)(H,50,51)/b13-11+,18-17+/t40-,41-/m0/s1. The summed E-state index contributed by atoms with van der Waals surface area (Å²) >= 11 is 0. The van der Waals surface area contributed by atoms with E-state index in [4.69, 9.17) is 24.8 Å². The number of hydrogen-bond donors (Lipinski definition) is 3. The van der Waals surface area contributed by atoms with Crippen LogP contribution < -0.4 is 5.73 Å². The molecule has 0 aromatic heterocycles. The fraction of sp³-hybridized carbons (Fsp3) is 0.841. The molecule has 11 nitrogen and oxygen atoms in total. The lowest BCUT2D eigenvalue weighted by molar-refractivity contribution is -0.161. The zero-order valence-electron chi connectivity index (χ0n) is 35.5. The smallest absolute Gasteiger partial charge is 0.472 e. The van der Waals surface area contributed by atoms with Crippen LogP contribution in [0.2, 0.25) is 0 Å². The first-order valence-corrected chi connectivity index (χ1v) is 23.9. The number of aliphatic carboxylic acids is 1. The third kappa shape index (κ3) is 38.8. The molecule has 0 saturated heterocycles. The molecule has 12 heteroatoms. The third-order valence-corrected chi connectivity index (χ3v) is 10.7. The van der Waals surface area contributed by atoms with Gasteiger partial charge in [-0.05, 0) is 44.9 Å². The molecule has 56 heavy (non-hydrogen) atoms. The molecule has 0 spiro atoms. The van der Waals surface area contributed by atoms with Crippen LogP contribution in [0.4, 0.5) is 0 Å². The summed E-state index contributed by atoms with van der Waals surface area (Å²) in [6.45, 7) is 2.79. The molecule has 3 atom stereocenters. The summed E-state index contributed by atoms with van der Waals surface area (Å²) in [7, 11) is -4.71. The maximum Gasteiger partial charge on any atom is 0.472 e. The SMILES string of the molecule is CCCCC/C=C/C/C=C/CCCCCCCCCCCC(=O)O[C@@H](COC(=O)CCCCCCCCCCCCCCC)COP(=O)(O)OC[C@H](N)C(=O)O. The van der Waals surface area contributed by atoms with E-state index in [9.17, 15) is 23.8 Å². The van der Waals surface area contributed by atoms with Crippen molar-refractivity contribution in [1.29, 1.82) is 0 Å². The summed E-state index contributed by atoms with van der Waals surface area (Å²) in [6, 6.07) is -1.52. The van der Waals surface area contributed by atoms with Crippen LogP contribution in [-0.2, 0) is 37.5 Å². The maximum absolute atomic E-state index is 12.6. The van der Waals surface area contributed by atoms with Gasteiger partial charge in [0.2, 0.25) is 0 Å². The number of phosphoric acid groups is 1. The fourth-order valence-electron chi connectivity index (χ4n) is 6.15. The van der Waals surface area contributed by atoms with E-state index in [1.807, 2.05) is 0 Å². The number of nitrogens with two attached hydrogens (primary N) is 1. The topological polar surface area (TPSA) is 172 Å². The first-order valence-electron chi connectivity index (χ1n) is 22.4. The van der Waals surface area contributed by atoms with Gasteiger partial charge in [0.1, 0.15) is 12.6 Å². The molecular formula is C44H82NO10P. The summed E-state index contributed by atoms with van der Waals surface area (Å²) in [6.07, 6.45) is 40.9. The van der Waals surface area contributed by atoms with Crippen molar-refractivity contribution in [3.05, 3.63) is 24.3 Å². The van der Waals surface area contributed by atoms with Crippen molar-refractivity contribution in [1.82, 2.24) is 0 Å². The summed E-state index contributed by atoms with van der Waals surface area (Å²) < 4.78 is 32.7. The third-order valence-electron chi connectivity index (χ3n) is 9.70. The van der Waals surface area contributed by atoms with E-state index in [0.29, 0.717) is 12.8 Å². The van der Waals surface area contributed by atoms with Gasteiger partial charge >= 0.3 is 25.7 Å². The molecule has 0 aromatic rings. The second-order valence-corrected chi connectivity index (χ2v) is 16.6. The van der Waals surface area contributed by atoms with E-state index in [0.717, 1.165) is 51.4 Å². The highest BCUT2D eigenvalue weighted by atomic mass is 31.2. The Labute approximate surface area is 340 Å². The molecule has 0 aliphatic heterocycles. The lowest BCUT2D eigenvalue weighted by Gasteiger charge is -2.20. The van der Waals surface area contributed by atoms with Crippen molar-refractivity contribution < 1.29 is 47.5 Å². The first-order chi connectivity index (χ1) is 27.1. The van der Waals surface area contributed by atoms with Crippen LogP contribution in [-0.4, -0.2) is 59.9 Å². The summed E-state index contributed by atoms with van der Waals surface area (Å²) in [5.41, 5.74) is 5.33. The van der Waals surface area contributed by atoms with Crippen molar-refractivity contribution >= 4 is 25.7 Å². The van der Waals surface area contributed by atoms with Gasteiger partial charge in [0.15, 0.2) is 6.10 Å². The van der Waals surface area contributed by atoms with Crippen LogP contribution in [0.3, 0.4) is 0 Å². The Balaban J connectivity index is 4.32. The number of carboxylic acid groups (broad SMARTS) is 1. The Morgan fingerprint density at radius 2 is 0.946 bits per heavy atom. The number of esters is 2. The van der Waals surface area contributed by atoms with Crippen molar-refractivity contribution in [3.63, 3.8) is 0 Å². The number of carbonyl (C=O) groups is 3. The van der Waals surface area contributed by atoms with Crippen molar-refractivity contribution in [2.75, 3.05) is 19.8 Å². The van der Waals surface area contributed by atoms with Crippen molar-refractivity contribution in [2.24, 2.45) is 5.73 Å². The summed E-state index contributed by atoms with van der Waals surface area (Å²) in [5.74, 6) is -2.37. The highest BCUT2D eigenvalue weighted by Gasteiger charge is 2.28. The number of rotatable bonds is 42. The zero-order chi connectivity index (χ0) is 41.4. The second-order valence-electron chi connectivity index (χ2n) is 15.2. The minimum absolute atomic E-state index is 0.159. The predicted octanol–water partition coefficient (Wildman–Crippen LogP) is 11.8. The van der Waals surface area contributed by atoms with E-state index in [1.165, 1.54) is 116 Å². The van der Waals surface area contributed by atoms with Gasteiger partial charge in [-0.1, -0.05) is 173 Å². The average Bonchev–Trinajstić information content (AvgIpc) is 3.17. The molecule has 0 rings (SSSR count). The molecule has 0 heterocycles. The number of phosphoric ester groups is 1. The Morgan fingerprint density at radius 1 is 0.554 bits per heavy atom. The lowest BCUT2D eigenvalue weighted by Crippen LogP contribution is -2.34. The number of carboxylic acids is 1. The number of hydrogen-bond acceptors (Lipinski definition) is 9. The van der Waals surface area contributed by atoms with Crippen LogP contribution >= 0.6 is 7.82 Å². The molecule has 0 bridgehead atoms. The molecule has 0 aliphatic carbocycles.